The molecule has 1 heterocycles. The van der Waals surface area contributed by atoms with Crippen molar-refractivity contribution in [3.05, 3.63) is 138 Å². The monoisotopic (exact) mass is 678 g/mol. The number of aliphatic hydroxyl groups excluding tert-OH is 1. The van der Waals surface area contributed by atoms with Crippen LogP contribution in [0.1, 0.15) is 35.6 Å². The van der Waals surface area contributed by atoms with Gasteiger partial charge in [-0.3, -0.25) is 4.79 Å². The Hall–Kier alpha value is -5.19. The molecular formula is C39H38N2O7S. The molecule has 0 spiro atoms. The first kappa shape index (κ1) is 33.7. The van der Waals surface area contributed by atoms with E-state index in [0.29, 0.717) is 35.7 Å². The highest BCUT2D eigenvalue weighted by Gasteiger charge is 2.53. The van der Waals surface area contributed by atoms with Crippen LogP contribution in [0.5, 0.6) is 11.5 Å². The Bertz CT molecular complexity index is 2040. The first-order valence-corrected chi connectivity index (χ1v) is 17.8. The second-order valence-electron chi connectivity index (χ2n) is 11.8. The Kier molecular flexibility index (Phi) is 10.3. The van der Waals surface area contributed by atoms with Gasteiger partial charge >= 0.3 is 0 Å². The van der Waals surface area contributed by atoms with E-state index in [4.69, 9.17) is 24.3 Å². The number of methoxy groups -OCH3 is 1. The van der Waals surface area contributed by atoms with Crippen molar-refractivity contribution in [3.63, 3.8) is 0 Å². The molecule has 1 amide bonds. The minimum atomic E-state index is -3.80. The van der Waals surface area contributed by atoms with Crippen LogP contribution >= 0.6 is 0 Å². The number of benzene rings is 5. The maximum Gasteiger partial charge on any atom is 0.252 e. The van der Waals surface area contributed by atoms with Gasteiger partial charge in [0.15, 0.2) is 21.5 Å². The van der Waals surface area contributed by atoms with Crippen molar-refractivity contribution in [1.82, 2.24) is 5.32 Å². The number of hydrogen-bond donors (Lipinski definition) is 2. The molecule has 252 valence electrons. The van der Waals surface area contributed by atoms with E-state index >= 15 is 0 Å². The fourth-order valence-electron chi connectivity index (χ4n) is 5.99. The molecule has 0 bridgehead atoms. The first-order valence-electron chi connectivity index (χ1n) is 16.1. The average Bonchev–Trinajstić information content (AvgIpc) is 3.55. The molecule has 10 heteroatoms. The molecule has 0 aliphatic carbocycles. The maximum atomic E-state index is 14.7. The lowest BCUT2D eigenvalue weighted by atomic mass is 9.84. The standard InChI is InChI=1S/C39H38N2O7S/c1-46-33-14-8-12-30(26-33)36-39(22-25-49(44,45)34-15-3-2-4-16-34,38(43)40-27-31-13-7-11-28-10-5-6-17-35(28)31)41-37(48-36)29-18-20-32(21-19-29)47-24-9-23-42/h2-8,10-21,26,36,42H,9,22-25,27H2,1H3,(H,40,43)/t36-,39-/m1/s1. The molecule has 2 atom stereocenters. The Morgan fingerprint density at radius 2 is 1.63 bits per heavy atom. The molecule has 0 fully saturated rings. The summed E-state index contributed by atoms with van der Waals surface area (Å²) in [7, 11) is -2.24. The molecule has 0 saturated heterocycles. The van der Waals surface area contributed by atoms with Crippen LogP contribution in [-0.2, 0) is 25.9 Å². The van der Waals surface area contributed by atoms with Gasteiger partial charge in [0.05, 0.1) is 24.4 Å². The molecule has 2 N–H and O–H groups in total. The van der Waals surface area contributed by atoms with E-state index in [1.165, 1.54) is 0 Å². The predicted molar refractivity (Wildman–Crippen MR) is 189 cm³/mol. The lowest BCUT2D eigenvalue weighted by Crippen LogP contribution is -2.49. The Morgan fingerprint density at radius 1 is 0.898 bits per heavy atom. The fraction of sp³-hybridized carbons (Fsp3) is 0.231. The second-order valence-corrected chi connectivity index (χ2v) is 13.9. The van der Waals surface area contributed by atoms with E-state index < -0.39 is 27.4 Å². The van der Waals surface area contributed by atoms with Crippen LogP contribution in [0.2, 0.25) is 0 Å². The molecule has 0 aromatic heterocycles. The van der Waals surface area contributed by atoms with Gasteiger partial charge in [-0.05, 0) is 70.4 Å². The van der Waals surface area contributed by atoms with Crippen LogP contribution in [0.4, 0.5) is 0 Å². The largest absolute Gasteiger partial charge is 0.497 e. The van der Waals surface area contributed by atoms with Crippen LogP contribution in [0, 0.1) is 0 Å². The highest BCUT2D eigenvalue weighted by molar-refractivity contribution is 7.91. The smallest absolute Gasteiger partial charge is 0.252 e. The molecule has 1 aliphatic rings. The van der Waals surface area contributed by atoms with E-state index in [-0.39, 0.29) is 36.1 Å². The number of aliphatic imine (C=N–C) groups is 1. The number of fused-ring (bicyclic) bond motifs is 1. The van der Waals surface area contributed by atoms with E-state index in [9.17, 15) is 13.2 Å². The van der Waals surface area contributed by atoms with Crippen molar-refractivity contribution < 1.29 is 32.5 Å². The molecule has 1 aliphatic heterocycles. The molecule has 5 aromatic rings. The number of aliphatic hydroxyl groups is 1. The average molecular weight is 679 g/mol. The summed E-state index contributed by atoms with van der Waals surface area (Å²) in [6.45, 7) is 0.586. The third-order valence-corrected chi connectivity index (χ3v) is 10.3. The second kappa shape index (κ2) is 14.9. The van der Waals surface area contributed by atoms with E-state index in [0.717, 1.165) is 16.3 Å². The van der Waals surface area contributed by atoms with Gasteiger partial charge in [-0.25, -0.2) is 13.4 Å². The predicted octanol–water partition coefficient (Wildman–Crippen LogP) is 6.05. The summed E-state index contributed by atoms with van der Waals surface area (Å²) in [6, 6.07) is 36.3. The molecule has 0 saturated carbocycles. The lowest BCUT2D eigenvalue weighted by Gasteiger charge is -2.31. The molecular weight excluding hydrogens is 641 g/mol. The molecule has 0 radical (unpaired) electrons. The van der Waals surface area contributed by atoms with Crippen molar-refractivity contribution in [2.45, 2.75) is 35.9 Å². The molecule has 49 heavy (non-hydrogen) atoms. The number of nitrogens with zero attached hydrogens (tertiary/aromatic N) is 1. The molecule has 6 rings (SSSR count). The number of rotatable bonds is 14. The number of carbonyl (C=O) groups is 1. The number of amides is 1. The van der Waals surface area contributed by atoms with Gasteiger partial charge in [0.25, 0.3) is 5.91 Å². The zero-order valence-electron chi connectivity index (χ0n) is 27.1. The first-order chi connectivity index (χ1) is 23.8. The van der Waals surface area contributed by atoms with Crippen molar-refractivity contribution in [2.24, 2.45) is 4.99 Å². The van der Waals surface area contributed by atoms with Gasteiger partial charge in [0.1, 0.15) is 11.5 Å². The van der Waals surface area contributed by atoms with Crippen molar-refractivity contribution >= 4 is 32.4 Å². The topological polar surface area (TPSA) is 124 Å². The third-order valence-electron chi connectivity index (χ3n) is 8.60. The van der Waals surface area contributed by atoms with Gasteiger partial charge in [0.2, 0.25) is 5.90 Å². The number of sulfone groups is 1. The van der Waals surface area contributed by atoms with Crippen molar-refractivity contribution in [3.8, 4) is 11.5 Å². The highest BCUT2D eigenvalue weighted by Crippen LogP contribution is 2.44. The normalized spacial score (nSPS) is 17.3. The van der Waals surface area contributed by atoms with Gasteiger partial charge < -0.3 is 24.6 Å². The Labute approximate surface area is 286 Å². The summed E-state index contributed by atoms with van der Waals surface area (Å²) in [5.41, 5.74) is 0.456. The molecule has 0 unspecified atom stereocenters. The number of carbonyl (C=O) groups excluding carboxylic acids is 1. The number of nitrogens with one attached hydrogen (secondary N) is 1. The summed E-state index contributed by atoms with van der Waals surface area (Å²) in [6.07, 6.45) is -0.627. The zero-order chi connectivity index (χ0) is 34.3. The minimum absolute atomic E-state index is 0.0268. The minimum Gasteiger partial charge on any atom is -0.497 e. The van der Waals surface area contributed by atoms with E-state index in [2.05, 4.69) is 5.32 Å². The highest BCUT2D eigenvalue weighted by atomic mass is 32.2. The fourth-order valence-corrected chi connectivity index (χ4v) is 7.37. The Morgan fingerprint density at radius 3 is 2.41 bits per heavy atom. The molecule has 5 aromatic carbocycles. The van der Waals surface area contributed by atoms with E-state index in [1.807, 2.05) is 48.5 Å². The maximum absolute atomic E-state index is 14.7. The van der Waals surface area contributed by atoms with Gasteiger partial charge in [-0.1, -0.05) is 72.8 Å². The van der Waals surface area contributed by atoms with Crippen molar-refractivity contribution in [1.29, 1.82) is 0 Å². The number of hydrogen-bond acceptors (Lipinski definition) is 8. The third kappa shape index (κ3) is 7.45. The lowest BCUT2D eigenvalue weighted by molar-refractivity contribution is -0.129. The van der Waals surface area contributed by atoms with Crippen molar-refractivity contribution in [2.75, 3.05) is 26.1 Å². The van der Waals surface area contributed by atoms with Crippen LogP contribution in [-0.4, -0.2) is 56.9 Å². The van der Waals surface area contributed by atoms with Gasteiger partial charge in [-0.15, -0.1) is 0 Å². The Balaban J connectivity index is 1.41. The van der Waals surface area contributed by atoms with E-state index in [1.54, 1.807) is 79.9 Å². The summed E-state index contributed by atoms with van der Waals surface area (Å²) < 4.78 is 45.1. The van der Waals surface area contributed by atoms with Crippen LogP contribution in [0.25, 0.3) is 10.8 Å². The van der Waals surface area contributed by atoms with Gasteiger partial charge in [-0.2, -0.15) is 0 Å². The summed E-state index contributed by atoms with van der Waals surface area (Å²) >= 11 is 0. The van der Waals surface area contributed by atoms with Crippen LogP contribution < -0.4 is 14.8 Å². The van der Waals surface area contributed by atoms with Crippen LogP contribution in [0.3, 0.4) is 0 Å². The van der Waals surface area contributed by atoms with Gasteiger partial charge in [0, 0.05) is 31.6 Å². The van der Waals surface area contributed by atoms with Crippen LogP contribution in [0.15, 0.2) is 131 Å². The zero-order valence-corrected chi connectivity index (χ0v) is 27.9. The molecule has 9 nitrogen and oxygen atoms in total. The summed E-state index contributed by atoms with van der Waals surface area (Å²) in [5.74, 6) is 0.549. The quantitative estimate of drug-likeness (QED) is 0.137. The summed E-state index contributed by atoms with van der Waals surface area (Å²) in [5, 5.41) is 14.2. The summed E-state index contributed by atoms with van der Waals surface area (Å²) in [4.78, 5) is 19.8. The SMILES string of the molecule is COc1cccc([C@H]2OC(c3ccc(OCCCO)cc3)=N[C@@]2(CCS(=O)(=O)c2ccccc2)C(=O)NCc2cccc3ccccc23)c1. The number of ether oxygens (including phenoxy) is 3.